The Morgan fingerprint density at radius 2 is 1.95 bits per heavy atom. The van der Waals surface area contributed by atoms with E-state index in [1.54, 1.807) is 42.5 Å². The highest BCUT2D eigenvalue weighted by Crippen LogP contribution is 2.23. The van der Waals surface area contributed by atoms with Gasteiger partial charge in [-0.05, 0) is 30.3 Å². The van der Waals surface area contributed by atoms with Gasteiger partial charge in [-0.15, -0.1) is 0 Å². The highest BCUT2D eigenvalue weighted by molar-refractivity contribution is 7.16. The predicted octanol–water partition coefficient (Wildman–Crippen LogP) is 3.38. The summed E-state index contributed by atoms with van der Waals surface area (Å²) in [4.78, 5) is 24.2. The summed E-state index contributed by atoms with van der Waals surface area (Å²) in [5.74, 6) is -0.191. The topological polar surface area (TPSA) is 59.0 Å². The van der Waals surface area contributed by atoms with Gasteiger partial charge in [0.05, 0.1) is 21.8 Å². The van der Waals surface area contributed by atoms with Crippen LogP contribution in [0.4, 0.5) is 0 Å². The fourth-order valence-electron chi connectivity index (χ4n) is 2.31. The normalized spacial score (nSPS) is 11.0. The molecule has 0 aliphatic heterocycles. The Morgan fingerprint density at radius 1 is 1.18 bits per heavy atom. The lowest BCUT2D eigenvalue weighted by molar-refractivity contribution is 0.103. The van der Waals surface area contributed by atoms with Gasteiger partial charge in [0.1, 0.15) is 6.61 Å². The molecule has 3 rings (SSSR count). The van der Waals surface area contributed by atoms with E-state index in [9.17, 15) is 14.7 Å². The third-order valence-electron chi connectivity index (χ3n) is 3.36. The van der Waals surface area contributed by atoms with Crippen LogP contribution in [0.15, 0.2) is 47.3 Å². The number of fused-ring (bicyclic) bond motifs is 1. The van der Waals surface area contributed by atoms with Crippen molar-refractivity contribution in [2.45, 2.75) is 6.54 Å². The number of thiazole rings is 1. The Hall–Kier alpha value is -1.95. The number of carbonyl (C=O) groups excluding carboxylic acids is 1. The smallest absolute Gasteiger partial charge is 0.296 e. The van der Waals surface area contributed by atoms with Crippen LogP contribution in [0.5, 0.6) is 0 Å². The van der Waals surface area contributed by atoms with Gasteiger partial charge in [-0.2, -0.15) is 0 Å². The molecule has 3 aromatic rings. The molecule has 0 saturated carbocycles. The lowest BCUT2D eigenvalue weighted by atomic mass is 10.0. The molecule has 4 nitrogen and oxygen atoms in total. The Morgan fingerprint density at radius 3 is 2.68 bits per heavy atom. The molecule has 6 heteroatoms. The third-order valence-corrected chi connectivity index (χ3v) is 4.64. The largest absolute Gasteiger partial charge is 0.308 e. The third kappa shape index (κ3) is 2.59. The van der Waals surface area contributed by atoms with Crippen molar-refractivity contribution in [2.24, 2.45) is 0 Å². The van der Waals surface area contributed by atoms with Crippen molar-refractivity contribution in [2.75, 3.05) is 6.61 Å². The summed E-state index contributed by atoms with van der Waals surface area (Å²) < 4.78 is 2.13. The molecule has 0 unspecified atom stereocenters. The van der Waals surface area contributed by atoms with Gasteiger partial charge in [0.25, 0.3) is 0 Å². The zero-order valence-corrected chi connectivity index (χ0v) is 13.0. The van der Waals surface area contributed by atoms with Gasteiger partial charge >= 0.3 is 4.87 Å². The van der Waals surface area contributed by atoms with Crippen LogP contribution in [0.2, 0.25) is 5.02 Å². The summed E-state index contributed by atoms with van der Waals surface area (Å²) in [6.45, 7) is -0.220. The Bertz CT molecular complexity index is 913. The maximum atomic E-state index is 12.5. The lowest BCUT2D eigenvalue weighted by Gasteiger charge is -2.04. The fraction of sp³-hybridized carbons (Fsp3) is 0.125. The van der Waals surface area contributed by atoms with Crippen LogP contribution in [-0.2, 0) is 11.7 Å². The van der Waals surface area contributed by atoms with E-state index in [4.69, 9.17) is 11.6 Å². The highest BCUT2D eigenvalue weighted by atomic mass is 35.5. The minimum atomic E-state index is -0.355. The molecule has 0 spiro atoms. The number of nitrogens with zero attached hydrogens (tertiary/aromatic N) is 1. The molecule has 1 aromatic heterocycles. The summed E-state index contributed by atoms with van der Waals surface area (Å²) >= 11 is 7.08. The maximum absolute atomic E-state index is 12.5. The van der Waals surface area contributed by atoms with Crippen LogP contribution >= 0.6 is 22.9 Å². The SMILES string of the molecule is [O]CCn1c(=O)sc2cc(C(=O)c3ccccc3Cl)ccc21. The van der Waals surface area contributed by atoms with Crippen LogP contribution in [-0.4, -0.2) is 17.0 Å². The predicted molar refractivity (Wildman–Crippen MR) is 86.5 cm³/mol. The second-order valence-electron chi connectivity index (χ2n) is 4.72. The van der Waals surface area contributed by atoms with Crippen molar-refractivity contribution < 1.29 is 9.90 Å². The van der Waals surface area contributed by atoms with Gasteiger partial charge in [0.2, 0.25) is 0 Å². The van der Waals surface area contributed by atoms with Crippen LogP contribution in [0.1, 0.15) is 15.9 Å². The number of rotatable bonds is 4. The zero-order chi connectivity index (χ0) is 15.7. The molecule has 0 amide bonds. The van der Waals surface area contributed by atoms with Crippen LogP contribution in [0.3, 0.4) is 0 Å². The standard InChI is InChI=1S/C16H11ClNO3S/c17-12-4-2-1-3-11(12)15(20)10-5-6-13-14(9-10)22-16(21)18(13)7-8-19/h1-6,9H,7-8H2. The molecular formula is C16H11ClNO3S. The fourth-order valence-corrected chi connectivity index (χ4v) is 3.49. The van der Waals surface area contributed by atoms with Crippen LogP contribution < -0.4 is 4.87 Å². The van der Waals surface area contributed by atoms with Gasteiger partial charge in [-0.1, -0.05) is 35.1 Å². The number of aromatic nitrogens is 1. The minimum Gasteiger partial charge on any atom is -0.296 e. The Balaban J connectivity index is 2.08. The molecular weight excluding hydrogens is 322 g/mol. The molecule has 0 fully saturated rings. The van der Waals surface area contributed by atoms with E-state index < -0.39 is 0 Å². The molecule has 22 heavy (non-hydrogen) atoms. The number of hydrogen-bond acceptors (Lipinski definition) is 3. The van der Waals surface area contributed by atoms with Crippen molar-refractivity contribution in [1.29, 1.82) is 0 Å². The lowest BCUT2D eigenvalue weighted by Crippen LogP contribution is -2.14. The molecule has 0 saturated heterocycles. The molecule has 0 aliphatic carbocycles. The van der Waals surface area contributed by atoms with Crippen LogP contribution in [0, 0.1) is 0 Å². The van der Waals surface area contributed by atoms with Crippen molar-refractivity contribution in [3.63, 3.8) is 0 Å². The summed E-state index contributed by atoms with van der Waals surface area (Å²) in [5, 5.41) is 11.2. The molecule has 0 aliphatic rings. The average Bonchev–Trinajstić information content (AvgIpc) is 2.83. The second-order valence-corrected chi connectivity index (χ2v) is 6.12. The van der Waals surface area contributed by atoms with Gasteiger partial charge in [-0.3, -0.25) is 14.2 Å². The summed E-state index contributed by atoms with van der Waals surface area (Å²) in [6, 6.07) is 11.9. The van der Waals surface area contributed by atoms with Crippen molar-refractivity contribution in [3.05, 3.63) is 68.3 Å². The molecule has 0 N–H and O–H groups in total. The van der Waals surface area contributed by atoms with Gasteiger partial charge in [0, 0.05) is 11.1 Å². The molecule has 1 heterocycles. The maximum Gasteiger partial charge on any atom is 0.308 e. The summed E-state index contributed by atoms with van der Waals surface area (Å²) in [5.41, 5.74) is 1.58. The van der Waals surface area contributed by atoms with Crippen LogP contribution in [0.25, 0.3) is 10.2 Å². The first kappa shape index (κ1) is 15.0. The number of ketones is 1. The van der Waals surface area contributed by atoms with Crippen molar-refractivity contribution in [3.8, 4) is 0 Å². The Labute approximate surface area is 135 Å². The summed E-state index contributed by atoms with van der Waals surface area (Å²) in [6.07, 6.45) is 0. The molecule has 0 atom stereocenters. The number of benzene rings is 2. The van der Waals surface area contributed by atoms with E-state index in [-0.39, 0.29) is 23.8 Å². The summed E-state index contributed by atoms with van der Waals surface area (Å²) in [7, 11) is 0. The first-order chi connectivity index (χ1) is 10.6. The number of halogens is 1. The van der Waals surface area contributed by atoms with E-state index in [0.717, 1.165) is 11.3 Å². The van der Waals surface area contributed by atoms with E-state index in [0.29, 0.717) is 26.4 Å². The monoisotopic (exact) mass is 332 g/mol. The first-order valence-electron chi connectivity index (χ1n) is 6.62. The molecule has 0 bridgehead atoms. The van der Waals surface area contributed by atoms with E-state index in [1.165, 1.54) is 4.57 Å². The zero-order valence-electron chi connectivity index (χ0n) is 11.4. The van der Waals surface area contributed by atoms with Gasteiger partial charge in [0.15, 0.2) is 5.78 Å². The van der Waals surface area contributed by atoms with Crippen molar-refractivity contribution >= 4 is 38.9 Å². The Kier molecular flexibility index (Phi) is 4.11. The van der Waals surface area contributed by atoms with E-state index in [1.807, 2.05) is 0 Å². The average molecular weight is 333 g/mol. The molecule has 111 valence electrons. The minimum absolute atomic E-state index is 0.136. The molecule has 2 aromatic carbocycles. The highest BCUT2D eigenvalue weighted by Gasteiger charge is 2.15. The van der Waals surface area contributed by atoms with Crippen molar-refractivity contribution in [1.82, 2.24) is 4.57 Å². The number of hydrogen-bond donors (Lipinski definition) is 0. The molecule has 1 radical (unpaired) electrons. The first-order valence-corrected chi connectivity index (χ1v) is 7.82. The number of carbonyl (C=O) groups is 1. The van der Waals surface area contributed by atoms with E-state index >= 15 is 0 Å². The van der Waals surface area contributed by atoms with Gasteiger partial charge < -0.3 is 0 Å². The van der Waals surface area contributed by atoms with Gasteiger partial charge in [-0.25, -0.2) is 5.11 Å². The quantitative estimate of drug-likeness (QED) is 0.688. The van der Waals surface area contributed by atoms with E-state index in [2.05, 4.69) is 0 Å². The second kappa shape index (κ2) is 6.04.